The Kier molecular flexibility index (Phi) is 4.11. The Bertz CT molecular complexity index is 759. The third-order valence-corrected chi connectivity index (χ3v) is 4.06. The Labute approximate surface area is 136 Å². The largest absolute Gasteiger partial charge is 0.454 e. The highest BCUT2D eigenvalue weighted by atomic mass is 79.9. The minimum Gasteiger partial charge on any atom is -0.454 e. The fourth-order valence-electron chi connectivity index (χ4n) is 1.96. The number of halogens is 1. The fraction of sp³-hybridized carbons (Fsp3) is 0.125. The van der Waals surface area contributed by atoms with Crippen molar-refractivity contribution in [2.24, 2.45) is 5.10 Å². The molecule has 6 heteroatoms. The Hall–Kier alpha value is -2.34. The van der Waals surface area contributed by atoms with E-state index in [0.717, 1.165) is 15.6 Å². The third kappa shape index (κ3) is 3.12. The molecule has 1 heterocycles. The van der Waals surface area contributed by atoms with Gasteiger partial charge in [0.1, 0.15) is 0 Å². The second-order valence-electron chi connectivity index (χ2n) is 4.78. The van der Waals surface area contributed by atoms with Crippen molar-refractivity contribution >= 4 is 28.1 Å². The van der Waals surface area contributed by atoms with E-state index in [1.807, 2.05) is 25.1 Å². The Morgan fingerprint density at radius 2 is 2.05 bits per heavy atom. The first-order chi connectivity index (χ1) is 10.6. The maximum absolute atomic E-state index is 12.0. The lowest BCUT2D eigenvalue weighted by Crippen LogP contribution is -2.17. The zero-order valence-electron chi connectivity index (χ0n) is 11.8. The molecule has 0 saturated carbocycles. The Balaban J connectivity index is 1.66. The molecule has 0 saturated heterocycles. The predicted molar refractivity (Wildman–Crippen MR) is 86.5 cm³/mol. The van der Waals surface area contributed by atoms with Gasteiger partial charge in [-0.05, 0) is 42.3 Å². The number of ether oxygens (including phenoxy) is 2. The summed E-state index contributed by atoms with van der Waals surface area (Å²) in [5.41, 5.74) is 4.99. The van der Waals surface area contributed by atoms with Gasteiger partial charge in [-0.15, -0.1) is 0 Å². The third-order valence-electron chi connectivity index (χ3n) is 3.21. The van der Waals surface area contributed by atoms with Gasteiger partial charge in [0.25, 0.3) is 5.91 Å². The van der Waals surface area contributed by atoms with Gasteiger partial charge in [-0.2, -0.15) is 5.10 Å². The molecule has 0 radical (unpaired) electrons. The number of amides is 1. The standard InChI is InChI=1S/C16H13BrN2O3/c1-10-2-3-11(6-13(10)17)8-18-19-16(20)12-4-5-14-15(7-12)22-9-21-14/h2-8H,9H2,1H3,(H,19,20)/b18-8-. The van der Waals surface area contributed by atoms with E-state index in [1.54, 1.807) is 24.4 Å². The normalized spacial score (nSPS) is 12.6. The van der Waals surface area contributed by atoms with Crippen LogP contribution in [0.2, 0.25) is 0 Å². The first kappa shape index (κ1) is 14.6. The summed E-state index contributed by atoms with van der Waals surface area (Å²) in [6.07, 6.45) is 1.59. The van der Waals surface area contributed by atoms with Crippen LogP contribution < -0.4 is 14.9 Å². The lowest BCUT2D eigenvalue weighted by molar-refractivity contribution is 0.0954. The number of carbonyl (C=O) groups is 1. The van der Waals surface area contributed by atoms with Crippen LogP contribution in [0.5, 0.6) is 11.5 Å². The molecule has 1 N–H and O–H groups in total. The van der Waals surface area contributed by atoms with E-state index >= 15 is 0 Å². The fourth-order valence-corrected chi connectivity index (χ4v) is 2.35. The van der Waals surface area contributed by atoms with E-state index in [9.17, 15) is 4.79 Å². The summed E-state index contributed by atoms with van der Waals surface area (Å²) >= 11 is 3.46. The molecule has 0 unspecified atom stereocenters. The lowest BCUT2D eigenvalue weighted by Gasteiger charge is -2.02. The summed E-state index contributed by atoms with van der Waals surface area (Å²) in [4.78, 5) is 12.0. The average Bonchev–Trinajstić information content (AvgIpc) is 2.98. The smallest absolute Gasteiger partial charge is 0.271 e. The van der Waals surface area contributed by atoms with Gasteiger partial charge in [0.15, 0.2) is 11.5 Å². The monoisotopic (exact) mass is 360 g/mol. The molecular formula is C16H13BrN2O3. The second kappa shape index (κ2) is 6.19. The molecule has 0 bridgehead atoms. The van der Waals surface area contributed by atoms with Crippen LogP contribution in [0.3, 0.4) is 0 Å². The van der Waals surface area contributed by atoms with Crippen molar-refractivity contribution < 1.29 is 14.3 Å². The molecule has 112 valence electrons. The summed E-state index contributed by atoms with van der Waals surface area (Å²) in [7, 11) is 0. The number of carbonyl (C=O) groups excluding carboxylic acids is 1. The van der Waals surface area contributed by atoms with E-state index in [4.69, 9.17) is 9.47 Å². The van der Waals surface area contributed by atoms with Crippen LogP contribution in [0.1, 0.15) is 21.5 Å². The number of rotatable bonds is 3. The van der Waals surface area contributed by atoms with Crippen molar-refractivity contribution in [3.05, 3.63) is 57.6 Å². The number of benzene rings is 2. The van der Waals surface area contributed by atoms with Gasteiger partial charge in [0.05, 0.1) is 6.21 Å². The molecule has 0 fully saturated rings. The van der Waals surface area contributed by atoms with Crippen LogP contribution in [0.4, 0.5) is 0 Å². The SMILES string of the molecule is Cc1ccc(/C=N\NC(=O)c2ccc3c(c2)OCO3)cc1Br. The van der Waals surface area contributed by atoms with E-state index < -0.39 is 0 Å². The van der Waals surface area contributed by atoms with Gasteiger partial charge in [-0.3, -0.25) is 4.79 Å². The topological polar surface area (TPSA) is 59.9 Å². The van der Waals surface area contributed by atoms with Crippen LogP contribution >= 0.6 is 15.9 Å². The molecule has 1 aliphatic rings. The number of nitrogens with one attached hydrogen (secondary N) is 1. The summed E-state index contributed by atoms with van der Waals surface area (Å²) in [5.74, 6) is 0.907. The number of nitrogens with zero attached hydrogens (tertiary/aromatic N) is 1. The molecular weight excluding hydrogens is 348 g/mol. The van der Waals surface area contributed by atoms with Gasteiger partial charge < -0.3 is 9.47 Å². The maximum atomic E-state index is 12.0. The summed E-state index contributed by atoms with van der Waals surface area (Å²) in [5, 5.41) is 3.96. The lowest BCUT2D eigenvalue weighted by atomic mass is 10.2. The number of fused-ring (bicyclic) bond motifs is 1. The zero-order chi connectivity index (χ0) is 15.5. The summed E-state index contributed by atoms with van der Waals surface area (Å²) in [6.45, 7) is 2.19. The molecule has 1 amide bonds. The number of hydrazone groups is 1. The van der Waals surface area contributed by atoms with Gasteiger partial charge in [0.2, 0.25) is 6.79 Å². The number of hydrogen-bond donors (Lipinski definition) is 1. The van der Waals surface area contributed by atoms with Crippen molar-refractivity contribution in [3.8, 4) is 11.5 Å². The number of aryl methyl sites for hydroxylation is 1. The first-order valence-corrected chi connectivity index (χ1v) is 7.42. The molecule has 2 aromatic rings. The van der Waals surface area contributed by atoms with Gasteiger partial charge in [0, 0.05) is 10.0 Å². The molecule has 2 aromatic carbocycles. The van der Waals surface area contributed by atoms with Crippen molar-refractivity contribution in [2.45, 2.75) is 6.92 Å². The highest BCUT2D eigenvalue weighted by Gasteiger charge is 2.15. The minimum atomic E-state index is -0.305. The summed E-state index contributed by atoms with van der Waals surface area (Å²) in [6, 6.07) is 10.8. The molecule has 0 aliphatic carbocycles. The van der Waals surface area contributed by atoms with E-state index in [1.165, 1.54) is 0 Å². The van der Waals surface area contributed by atoms with E-state index in [-0.39, 0.29) is 12.7 Å². The Morgan fingerprint density at radius 3 is 2.86 bits per heavy atom. The molecule has 5 nitrogen and oxygen atoms in total. The minimum absolute atomic E-state index is 0.181. The first-order valence-electron chi connectivity index (χ1n) is 6.63. The van der Waals surface area contributed by atoms with E-state index in [0.29, 0.717) is 17.1 Å². The van der Waals surface area contributed by atoms with Gasteiger partial charge in [-0.1, -0.05) is 28.1 Å². The average molecular weight is 361 g/mol. The quantitative estimate of drug-likeness (QED) is 0.675. The van der Waals surface area contributed by atoms with Crippen LogP contribution in [0.25, 0.3) is 0 Å². The van der Waals surface area contributed by atoms with Crippen LogP contribution in [0, 0.1) is 6.92 Å². The van der Waals surface area contributed by atoms with Gasteiger partial charge >= 0.3 is 0 Å². The Morgan fingerprint density at radius 1 is 1.23 bits per heavy atom. The molecule has 0 aromatic heterocycles. The van der Waals surface area contributed by atoms with Crippen LogP contribution in [-0.4, -0.2) is 18.9 Å². The molecule has 22 heavy (non-hydrogen) atoms. The number of hydrogen-bond acceptors (Lipinski definition) is 4. The van der Waals surface area contributed by atoms with Crippen molar-refractivity contribution in [1.29, 1.82) is 0 Å². The van der Waals surface area contributed by atoms with Crippen molar-refractivity contribution in [3.63, 3.8) is 0 Å². The second-order valence-corrected chi connectivity index (χ2v) is 5.63. The molecule has 0 atom stereocenters. The molecule has 1 aliphatic heterocycles. The van der Waals surface area contributed by atoms with Gasteiger partial charge in [-0.25, -0.2) is 5.43 Å². The predicted octanol–water partition coefficient (Wildman–Crippen LogP) is 3.25. The van der Waals surface area contributed by atoms with Crippen LogP contribution in [0.15, 0.2) is 46.0 Å². The van der Waals surface area contributed by atoms with E-state index in [2.05, 4.69) is 26.5 Å². The molecule has 3 rings (SSSR count). The highest BCUT2D eigenvalue weighted by molar-refractivity contribution is 9.10. The molecule has 0 spiro atoms. The van der Waals surface area contributed by atoms with Crippen molar-refractivity contribution in [1.82, 2.24) is 5.43 Å². The maximum Gasteiger partial charge on any atom is 0.271 e. The highest BCUT2D eigenvalue weighted by Crippen LogP contribution is 2.32. The zero-order valence-corrected chi connectivity index (χ0v) is 13.4. The van der Waals surface area contributed by atoms with Crippen molar-refractivity contribution in [2.75, 3.05) is 6.79 Å². The summed E-state index contributed by atoms with van der Waals surface area (Å²) < 4.78 is 11.4. The van der Waals surface area contributed by atoms with Crippen LogP contribution in [-0.2, 0) is 0 Å².